The highest BCUT2D eigenvalue weighted by molar-refractivity contribution is 7.09. The molecule has 8 heteroatoms. The molecule has 1 N–H and O–H groups in total. The minimum Gasteiger partial charge on any atom is -0.382 e. The molecule has 2 aromatic carbocycles. The van der Waals surface area contributed by atoms with Gasteiger partial charge >= 0.3 is 0 Å². The third-order valence-corrected chi connectivity index (χ3v) is 7.18. The molecule has 2 heterocycles. The van der Waals surface area contributed by atoms with Crippen LogP contribution in [-0.4, -0.2) is 41.2 Å². The monoisotopic (exact) mass is 481 g/mol. The van der Waals surface area contributed by atoms with Gasteiger partial charge in [-0.2, -0.15) is 0 Å². The van der Waals surface area contributed by atoms with Gasteiger partial charge in [-0.15, -0.1) is 11.3 Å². The van der Waals surface area contributed by atoms with Crippen molar-refractivity contribution >= 4 is 51.8 Å². The molecule has 0 amide bonds. The van der Waals surface area contributed by atoms with Crippen LogP contribution in [-0.2, 0) is 5.60 Å². The fraction of sp³-hybridized carbons (Fsp3) is 0.318. The van der Waals surface area contributed by atoms with Crippen LogP contribution in [0.1, 0.15) is 23.5 Å². The molecule has 158 valence electrons. The van der Waals surface area contributed by atoms with E-state index in [2.05, 4.69) is 14.8 Å². The number of aromatic nitrogens is 1. The minimum absolute atomic E-state index is 0.0572. The van der Waals surface area contributed by atoms with E-state index in [1.54, 1.807) is 12.3 Å². The molecule has 3 aromatic rings. The first-order valence-electron chi connectivity index (χ1n) is 9.65. The number of nitrogens with zero attached hydrogens (tertiary/aromatic N) is 3. The molecule has 0 bridgehead atoms. The number of hydrogen-bond donors (Lipinski definition) is 1. The molecule has 30 heavy (non-hydrogen) atoms. The van der Waals surface area contributed by atoms with Gasteiger partial charge in [0.2, 0.25) is 0 Å². The Labute approximate surface area is 195 Å². The second-order valence-electron chi connectivity index (χ2n) is 7.70. The van der Waals surface area contributed by atoms with E-state index in [-0.39, 0.29) is 6.04 Å². The van der Waals surface area contributed by atoms with Crippen molar-refractivity contribution in [1.82, 2.24) is 9.88 Å². The molecule has 0 spiro atoms. The maximum Gasteiger partial charge on any atom is 0.126 e. The van der Waals surface area contributed by atoms with Crippen LogP contribution in [0, 0.1) is 0 Å². The highest BCUT2D eigenvalue weighted by atomic mass is 35.5. The Morgan fingerprint density at radius 2 is 1.83 bits per heavy atom. The highest BCUT2D eigenvalue weighted by Crippen LogP contribution is 2.37. The molecular weight excluding hydrogens is 461 g/mol. The zero-order valence-corrected chi connectivity index (χ0v) is 19.5. The van der Waals surface area contributed by atoms with Crippen LogP contribution >= 0.6 is 46.1 Å². The lowest BCUT2D eigenvalue weighted by molar-refractivity contribution is 0.0101. The Hall–Kier alpha value is -1.34. The van der Waals surface area contributed by atoms with Crippen molar-refractivity contribution in [2.45, 2.75) is 18.6 Å². The van der Waals surface area contributed by atoms with E-state index in [1.165, 1.54) is 11.3 Å². The quantitative estimate of drug-likeness (QED) is 0.493. The molecule has 1 saturated heterocycles. The summed E-state index contributed by atoms with van der Waals surface area (Å²) in [6.07, 6.45) is 1.73. The van der Waals surface area contributed by atoms with E-state index in [4.69, 9.17) is 34.8 Å². The van der Waals surface area contributed by atoms with Crippen LogP contribution in [0.15, 0.2) is 54.0 Å². The SMILES string of the molecule is CC(O)(CN1CCN(c2ccc(Cl)cc2Cl)[C@H](c2ccc(Cl)cc2)C1)c1nccs1. The number of aliphatic hydroxyl groups is 1. The topological polar surface area (TPSA) is 39.6 Å². The normalized spacial score (nSPS) is 19.6. The summed E-state index contributed by atoms with van der Waals surface area (Å²) in [7, 11) is 0. The highest BCUT2D eigenvalue weighted by Gasteiger charge is 2.35. The first kappa shape index (κ1) is 21.9. The van der Waals surface area contributed by atoms with Crippen molar-refractivity contribution in [3.63, 3.8) is 0 Å². The summed E-state index contributed by atoms with van der Waals surface area (Å²) in [5, 5.41) is 15.6. The maximum atomic E-state index is 11.0. The van der Waals surface area contributed by atoms with Crippen molar-refractivity contribution in [3.05, 3.63) is 79.7 Å². The molecule has 0 aliphatic carbocycles. The summed E-state index contributed by atoms with van der Waals surface area (Å²) in [5.41, 5.74) is 1.09. The van der Waals surface area contributed by atoms with E-state index >= 15 is 0 Å². The fourth-order valence-electron chi connectivity index (χ4n) is 3.95. The summed E-state index contributed by atoms with van der Waals surface area (Å²) in [5.74, 6) is 0. The number of thiazole rings is 1. The zero-order valence-electron chi connectivity index (χ0n) is 16.4. The summed E-state index contributed by atoms with van der Waals surface area (Å²) < 4.78 is 0. The Kier molecular flexibility index (Phi) is 6.58. The molecule has 0 saturated carbocycles. The molecular formula is C22H22Cl3N3OS. The van der Waals surface area contributed by atoms with Crippen LogP contribution in [0.5, 0.6) is 0 Å². The van der Waals surface area contributed by atoms with Crippen molar-refractivity contribution < 1.29 is 5.11 Å². The number of hydrogen-bond acceptors (Lipinski definition) is 5. The Bertz CT molecular complexity index is 995. The number of β-amino-alcohol motifs (C(OH)–C–C–N with tert-alkyl or cyclic N) is 1. The Morgan fingerprint density at radius 3 is 2.50 bits per heavy atom. The maximum absolute atomic E-state index is 11.0. The molecule has 1 unspecified atom stereocenters. The predicted octanol–water partition coefficient (Wildman–Crippen LogP) is 5.87. The average molecular weight is 483 g/mol. The third-order valence-electron chi connectivity index (χ3n) is 5.36. The lowest BCUT2D eigenvalue weighted by atomic mass is 9.99. The molecule has 1 aliphatic rings. The third kappa shape index (κ3) is 4.77. The number of rotatable bonds is 5. The van der Waals surface area contributed by atoms with Gasteiger partial charge in [0.1, 0.15) is 10.6 Å². The van der Waals surface area contributed by atoms with Crippen molar-refractivity contribution in [1.29, 1.82) is 0 Å². The van der Waals surface area contributed by atoms with E-state index in [9.17, 15) is 5.11 Å². The number of halogens is 3. The standard InChI is InChI=1S/C22H22Cl3N3OS/c1-22(29,21-26-8-11-30-21)14-27-9-10-28(19-7-6-17(24)12-18(19)25)20(13-27)15-2-4-16(23)5-3-15/h2-8,11-12,20,29H,9-10,13-14H2,1H3/t20-,22?/m0/s1. The lowest BCUT2D eigenvalue weighted by Crippen LogP contribution is -2.52. The van der Waals surface area contributed by atoms with Gasteiger partial charge in [-0.05, 0) is 42.8 Å². The first-order chi connectivity index (χ1) is 14.3. The van der Waals surface area contributed by atoms with Crippen LogP contribution in [0.4, 0.5) is 5.69 Å². The number of piperazine rings is 1. The molecule has 4 nitrogen and oxygen atoms in total. The lowest BCUT2D eigenvalue weighted by Gasteiger charge is -2.45. The molecule has 1 aliphatic heterocycles. The average Bonchev–Trinajstić information content (AvgIpc) is 3.25. The Balaban J connectivity index is 1.62. The van der Waals surface area contributed by atoms with Gasteiger partial charge in [0.05, 0.1) is 16.8 Å². The molecule has 0 radical (unpaired) electrons. The van der Waals surface area contributed by atoms with Crippen molar-refractivity contribution in [2.75, 3.05) is 31.1 Å². The van der Waals surface area contributed by atoms with Crippen LogP contribution < -0.4 is 4.90 Å². The summed E-state index contributed by atoms with van der Waals surface area (Å²) in [4.78, 5) is 8.89. The van der Waals surface area contributed by atoms with Crippen molar-refractivity contribution in [3.8, 4) is 0 Å². The predicted molar refractivity (Wildman–Crippen MR) is 126 cm³/mol. The van der Waals surface area contributed by atoms with Gasteiger partial charge in [-0.25, -0.2) is 4.98 Å². The number of benzene rings is 2. The van der Waals surface area contributed by atoms with Gasteiger partial charge in [0.25, 0.3) is 0 Å². The summed E-state index contributed by atoms with van der Waals surface area (Å²) in [6.45, 7) is 4.63. The second-order valence-corrected chi connectivity index (χ2v) is 9.88. The van der Waals surface area contributed by atoms with Crippen LogP contribution in [0.25, 0.3) is 0 Å². The zero-order chi connectivity index (χ0) is 21.3. The van der Waals surface area contributed by atoms with Gasteiger partial charge in [0, 0.05) is 47.8 Å². The minimum atomic E-state index is -1.00. The first-order valence-corrected chi connectivity index (χ1v) is 11.7. The molecule has 2 atom stereocenters. The fourth-order valence-corrected chi connectivity index (χ4v) is 5.28. The van der Waals surface area contributed by atoms with Crippen LogP contribution in [0.2, 0.25) is 15.1 Å². The van der Waals surface area contributed by atoms with Gasteiger partial charge in [-0.1, -0.05) is 46.9 Å². The van der Waals surface area contributed by atoms with Crippen molar-refractivity contribution in [2.24, 2.45) is 0 Å². The van der Waals surface area contributed by atoms with Gasteiger partial charge in [-0.3, -0.25) is 4.90 Å². The van der Waals surface area contributed by atoms with Crippen LogP contribution in [0.3, 0.4) is 0 Å². The molecule has 1 aromatic heterocycles. The van der Waals surface area contributed by atoms with Gasteiger partial charge in [0.15, 0.2) is 0 Å². The van der Waals surface area contributed by atoms with E-state index in [0.717, 1.165) is 35.9 Å². The second kappa shape index (κ2) is 9.03. The smallest absolute Gasteiger partial charge is 0.126 e. The number of anilines is 1. The largest absolute Gasteiger partial charge is 0.382 e. The van der Waals surface area contributed by atoms with Gasteiger partial charge < -0.3 is 10.0 Å². The van der Waals surface area contributed by atoms with E-state index in [0.29, 0.717) is 21.6 Å². The molecule has 4 rings (SSSR count). The van der Waals surface area contributed by atoms with E-state index in [1.807, 2.05) is 48.7 Å². The summed E-state index contributed by atoms with van der Waals surface area (Å²) in [6, 6.07) is 13.6. The summed E-state index contributed by atoms with van der Waals surface area (Å²) >= 11 is 20.3. The molecule has 1 fully saturated rings. The van der Waals surface area contributed by atoms with E-state index < -0.39 is 5.60 Å². The Morgan fingerprint density at radius 1 is 1.10 bits per heavy atom.